The summed E-state index contributed by atoms with van der Waals surface area (Å²) in [4.78, 5) is 29.6. The van der Waals surface area contributed by atoms with Crippen LogP contribution in [0, 0.1) is 0 Å². The molecule has 0 radical (unpaired) electrons. The van der Waals surface area contributed by atoms with Gasteiger partial charge < -0.3 is 5.32 Å². The number of benzene rings is 2. The number of thioether (sulfide) groups is 1. The first kappa shape index (κ1) is 20.4. The van der Waals surface area contributed by atoms with E-state index in [1.807, 2.05) is 24.3 Å². The lowest BCUT2D eigenvalue weighted by atomic mass is 9.98. The van der Waals surface area contributed by atoms with Gasteiger partial charge in [0.1, 0.15) is 0 Å². The Bertz CT molecular complexity index is 1060. The van der Waals surface area contributed by atoms with Crippen LogP contribution < -0.4 is 10.9 Å². The number of rotatable bonds is 6. The molecule has 28 heavy (non-hydrogen) atoms. The van der Waals surface area contributed by atoms with E-state index in [2.05, 4.69) is 24.1 Å². The number of aromatic nitrogens is 2. The van der Waals surface area contributed by atoms with E-state index in [9.17, 15) is 9.59 Å². The molecule has 7 heteroatoms. The maximum absolute atomic E-state index is 13.2. The highest BCUT2D eigenvalue weighted by Crippen LogP contribution is 2.25. The molecular weight excluding hydrogens is 394 g/mol. The van der Waals surface area contributed by atoms with Gasteiger partial charge in [-0.1, -0.05) is 49.3 Å². The lowest BCUT2D eigenvalue weighted by molar-refractivity contribution is -0.118. The van der Waals surface area contributed by atoms with Gasteiger partial charge in [-0.2, -0.15) is 0 Å². The first-order valence-electron chi connectivity index (χ1n) is 9.10. The van der Waals surface area contributed by atoms with Crippen molar-refractivity contribution in [1.29, 1.82) is 0 Å². The van der Waals surface area contributed by atoms with Gasteiger partial charge in [0, 0.05) is 12.1 Å². The van der Waals surface area contributed by atoms with E-state index in [-0.39, 0.29) is 17.2 Å². The maximum atomic E-state index is 13.2. The lowest BCUT2D eigenvalue weighted by Crippen LogP contribution is -2.24. The Kier molecular flexibility index (Phi) is 6.42. The molecular formula is C21H22ClN3O2S. The van der Waals surface area contributed by atoms with Crippen molar-refractivity contribution in [3.63, 3.8) is 0 Å². The van der Waals surface area contributed by atoms with E-state index < -0.39 is 0 Å². The summed E-state index contributed by atoms with van der Waals surface area (Å²) in [6.07, 6.45) is 1.04. The number of amides is 1. The van der Waals surface area contributed by atoms with Gasteiger partial charge in [-0.15, -0.1) is 0 Å². The molecule has 2 aromatic carbocycles. The van der Waals surface area contributed by atoms with Crippen LogP contribution in [0.25, 0.3) is 16.6 Å². The van der Waals surface area contributed by atoms with E-state index in [4.69, 9.17) is 11.6 Å². The van der Waals surface area contributed by atoms with Gasteiger partial charge in [-0.05, 0) is 48.2 Å². The van der Waals surface area contributed by atoms with Crippen LogP contribution in [0.5, 0.6) is 0 Å². The maximum Gasteiger partial charge on any atom is 0.266 e. The predicted molar refractivity (Wildman–Crippen MR) is 116 cm³/mol. The molecule has 0 aliphatic carbocycles. The molecule has 3 aromatic rings. The fourth-order valence-electron chi connectivity index (χ4n) is 2.85. The molecule has 0 fully saturated rings. The summed E-state index contributed by atoms with van der Waals surface area (Å²) in [5, 5.41) is 3.99. The van der Waals surface area contributed by atoms with E-state index in [1.54, 1.807) is 29.8 Å². The SMILES string of the molecule is CC[C@H](C)c1ccc(-n2c(SCC(=O)NC)nc3ccc(Cl)cc3c2=O)cc1. The summed E-state index contributed by atoms with van der Waals surface area (Å²) in [6.45, 7) is 4.32. The molecule has 0 saturated carbocycles. The zero-order valence-electron chi connectivity index (χ0n) is 16.0. The largest absolute Gasteiger partial charge is 0.358 e. The Labute approximate surface area is 173 Å². The Balaban J connectivity index is 2.15. The van der Waals surface area contributed by atoms with Gasteiger partial charge in [0.2, 0.25) is 5.91 Å². The highest BCUT2D eigenvalue weighted by molar-refractivity contribution is 7.99. The molecule has 1 atom stereocenters. The van der Waals surface area contributed by atoms with Crippen molar-refractivity contribution in [3.05, 3.63) is 63.4 Å². The number of carbonyl (C=O) groups is 1. The average molecular weight is 416 g/mol. The molecule has 0 unspecified atom stereocenters. The van der Waals surface area contributed by atoms with Crippen LogP contribution in [-0.4, -0.2) is 28.3 Å². The normalized spacial score (nSPS) is 12.1. The highest BCUT2D eigenvalue weighted by atomic mass is 35.5. The van der Waals surface area contributed by atoms with Crippen LogP contribution in [0.2, 0.25) is 5.02 Å². The Morgan fingerprint density at radius 3 is 2.61 bits per heavy atom. The van der Waals surface area contributed by atoms with Crippen molar-refractivity contribution >= 4 is 40.2 Å². The van der Waals surface area contributed by atoms with Crippen molar-refractivity contribution < 1.29 is 4.79 Å². The van der Waals surface area contributed by atoms with Crippen molar-refractivity contribution in [3.8, 4) is 5.69 Å². The van der Waals surface area contributed by atoms with E-state index >= 15 is 0 Å². The second-order valence-corrected chi connectivity index (χ2v) is 7.94. The Morgan fingerprint density at radius 1 is 1.25 bits per heavy atom. The van der Waals surface area contributed by atoms with Crippen molar-refractivity contribution in [2.75, 3.05) is 12.8 Å². The van der Waals surface area contributed by atoms with Gasteiger partial charge >= 0.3 is 0 Å². The van der Waals surface area contributed by atoms with Gasteiger partial charge in [-0.25, -0.2) is 4.98 Å². The molecule has 1 amide bonds. The molecule has 146 valence electrons. The number of hydrogen-bond acceptors (Lipinski definition) is 4. The molecule has 0 saturated heterocycles. The number of halogens is 1. The molecule has 1 aromatic heterocycles. The van der Waals surface area contributed by atoms with Crippen LogP contribution in [0.1, 0.15) is 31.7 Å². The summed E-state index contributed by atoms with van der Waals surface area (Å²) in [5.74, 6) is 0.489. The Hall–Kier alpha value is -2.31. The number of carbonyl (C=O) groups excluding carboxylic acids is 1. The fourth-order valence-corrected chi connectivity index (χ4v) is 3.91. The summed E-state index contributed by atoms with van der Waals surface area (Å²) in [5.41, 5.74) is 2.28. The summed E-state index contributed by atoms with van der Waals surface area (Å²) in [7, 11) is 1.58. The molecule has 1 N–H and O–H groups in total. The second kappa shape index (κ2) is 8.80. The predicted octanol–water partition coefficient (Wildman–Crippen LogP) is 4.39. The van der Waals surface area contributed by atoms with Gasteiger partial charge in [-0.3, -0.25) is 14.2 Å². The molecule has 0 bridgehead atoms. The summed E-state index contributed by atoms with van der Waals surface area (Å²) < 4.78 is 1.55. The zero-order chi connectivity index (χ0) is 20.3. The van der Waals surface area contributed by atoms with Gasteiger partial charge in [0.15, 0.2) is 5.16 Å². The van der Waals surface area contributed by atoms with Crippen LogP contribution >= 0.6 is 23.4 Å². The van der Waals surface area contributed by atoms with Crippen LogP contribution in [0.3, 0.4) is 0 Å². The third kappa shape index (κ3) is 4.23. The van der Waals surface area contributed by atoms with E-state index in [0.717, 1.165) is 6.42 Å². The highest BCUT2D eigenvalue weighted by Gasteiger charge is 2.15. The number of nitrogens with one attached hydrogen (secondary N) is 1. The molecule has 3 rings (SSSR count). The topological polar surface area (TPSA) is 64.0 Å². The lowest BCUT2D eigenvalue weighted by Gasteiger charge is -2.15. The van der Waals surface area contributed by atoms with Crippen molar-refractivity contribution in [2.24, 2.45) is 0 Å². The molecule has 0 spiro atoms. The van der Waals surface area contributed by atoms with Gasteiger partial charge in [0.25, 0.3) is 5.56 Å². The smallest absolute Gasteiger partial charge is 0.266 e. The minimum absolute atomic E-state index is 0.130. The third-order valence-corrected chi connectivity index (χ3v) is 5.92. The third-order valence-electron chi connectivity index (χ3n) is 4.74. The quantitative estimate of drug-likeness (QED) is 0.479. The monoisotopic (exact) mass is 415 g/mol. The van der Waals surface area contributed by atoms with Crippen LogP contribution in [0.4, 0.5) is 0 Å². The number of fused-ring (bicyclic) bond motifs is 1. The average Bonchev–Trinajstić information content (AvgIpc) is 2.72. The first-order chi connectivity index (χ1) is 13.4. The van der Waals surface area contributed by atoms with Crippen LogP contribution in [-0.2, 0) is 4.79 Å². The molecule has 0 aliphatic heterocycles. The Morgan fingerprint density at radius 2 is 1.96 bits per heavy atom. The molecule has 1 heterocycles. The first-order valence-corrected chi connectivity index (χ1v) is 10.5. The van der Waals surface area contributed by atoms with Gasteiger partial charge in [0.05, 0.1) is 22.3 Å². The minimum Gasteiger partial charge on any atom is -0.358 e. The van der Waals surface area contributed by atoms with Crippen molar-refractivity contribution in [1.82, 2.24) is 14.9 Å². The number of hydrogen-bond donors (Lipinski definition) is 1. The summed E-state index contributed by atoms with van der Waals surface area (Å²) >= 11 is 7.32. The molecule has 0 aliphatic rings. The van der Waals surface area contributed by atoms with E-state index in [0.29, 0.717) is 32.7 Å². The zero-order valence-corrected chi connectivity index (χ0v) is 17.6. The van der Waals surface area contributed by atoms with Crippen LogP contribution in [0.15, 0.2) is 52.4 Å². The van der Waals surface area contributed by atoms with E-state index in [1.165, 1.54) is 17.3 Å². The second-order valence-electron chi connectivity index (χ2n) is 6.56. The summed E-state index contributed by atoms with van der Waals surface area (Å²) in [6, 6.07) is 13.0. The van der Waals surface area contributed by atoms with Crippen molar-refractivity contribution in [2.45, 2.75) is 31.3 Å². The standard InChI is InChI=1S/C21H22ClN3O2S/c1-4-13(2)14-5-8-16(9-6-14)25-20(27)17-11-15(22)7-10-18(17)24-21(25)28-12-19(26)23-3/h5-11,13H,4,12H2,1-3H3,(H,23,26)/t13-/m0/s1. The molecule has 5 nitrogen and oxygen atoms in total. The minimum atomic E-state index is -0.205. The fraction of sp³-hybridized carbons (Fsp3) is 0.286. The number of nitrogens with zero attached hydrogens (tertiary/aromatic N) is 2.